The number of hydrogen-bond donors (Lipinski definition) is 1. The first-order chi connectivity index (χ1) is 10.5. The number of rotatable bonds is 2. The maximum atomic E-state index is 13.0. The highest BCUT2D eigenvalue weighted by molar-refractivity contribution is 5.82. The SMILES string of the molecule is N[C@@H](C(=O)N1CCC(C(F)(F)F)(C(F)(F)F)C1)C1CCOCC1. The van der Waals surface area contributed by atoms with E-state index >= 15 is 0 Å². The molecule has 0 bridgehead atoms. The van der Waals surface area contributed by atoms with Crippen LogP contribution >= 0.6 is 0 Å². The molecule has 0 radical (unpaired) electrons. The van der Waals surface area contributed by atoms with Crippen molar-refractivity contribution in [3.8, 4) is 0 Å². The summed E-state index contributed by atoms with van der Waals surface area (Å²) in [5, 5.41) is 0. The molecule has 0 unspecified atom stereocenters. The Morgan fingerprint density at radius 1 is 1.13 bits per heavy atom. The number of likely N-dealkylation sites (tertiary alicyclic amines) is 1. The Morgan fingerprint density at radius 2 is 1.65 bits per heavy atom. The number of halogens is 6. The molecule has 23 heavy (non-hydrogen) atoms. The first kappa shape index (κ1) is 18.3. The van der Waals surface area contributed by atoms with Gasteiger partial charge in [-0.25, -0.2) is 0 Å². The summed E-state index contributed by atoms with van der Waals surface area (Å²) in [6, 6.07) is -1.10. The van der Waals surface area contributed by atoms with Crippen LogP contribution in [0, 0.1) is 11.3 Å². The van der Waals surface area contributed by atoms with E-state index in [1.807, 2.05) is 0 Å². The third kappa shape index (κ3) is 3.28. The van der Waals surface area contributed by atoms with E-state index in [9.17, 15) is 31.1 Å². The van der Waals surface area contributed by atoms with Crippen molar-refractivity contribution in [1.29, 1.82) is 0 Å². The molecule has 0 aromatic rings. The average molecular weight is 348 g/mol. The van der Waals surface area contributed by atoms with Gasteiger partial charge >= 0.3 is 12.4 Å². The van der Waals surface area contributed by atoms with E-state index in [0.29, 0.717) is 31.0 Å². The van der Waals surface area contributed by atoms with E-state index in [0.717, 1.165) is 0 Å². The third-order valence-electron chi connectivity index (χ3n) is 4.73. The molecule has 2 saturated heterocycles. The normalized spacial score (nSPS) is 24.7. The average Bonchev–Trinajstić information content (AvgIpc) is 2.92. The van der Waals surface area contributed by atoms with Crippen LogP contribution in [0.5, 0.6) is 0 Å². The lowest BCUT2D eigenvalue weighted by atomic mass is 9.85. The van der Waals surface area contributed by atoms with Gasteiger partial charge in [0.1, 0.15) is 0 Å². The van der Waals surface area contributed by atoms with Crippen LogP contribution in [-0.4, -0.2) is 55.5 Å². The maximum absolute atomic E-state index is 13.0. The molecule has 0 aliphatic carbocycles. The van der Waals surface area contributed by atoms with Gasteiger partial charge in [-0.15, -0.1) is 0 Å². The highest BCUT2D eigenvalue weighted by Crippen LogP contribution is 2.55. The molecule has 0 spiro atoms. The number of nitrogens with two attached hydrogens (primary N) is 1. The zero-order valence-electron chi connectivity index (χ0n) is 12.2. The van der Waals surface area contributed by atoms with Crippen LogP contribution in [0.1, 0.15) is 19.3 Å². The number of ether oxygens (including phenoxy) is 1. The number of carbonyl (C=O) groups excluding carboxylic acids is 1. The molecular formula is C13H18F6N2O2. The Kier molecular flexibility index (Phi) is 4.87. The Hall–Kier alpha value is -1.03. The van der Waals surface area contributed by atoms with E-state index in [-0.39, 0.29) is 5.92 Å². The Balaban J connectivity index is 2.12. The molecule has 2 rings (SSSR count). The van der Waals surface area contributed by atoms with E-state index < -0.39 is 49.2 Å². The fraction of sp³-hybridized carbons (Fsp3) is 0.923. The van der Waals surface area contributed by atoms with Crippen LogP contribution < -0.4 is 5.73 Å². The molecule has 10 heteroatoms. The molecular weight excluding hydrogens is 330 g/mol. The van der Waals surface area contributed by atoms with Gasteiger partial charge in [-0.05, 0) is 25.2 Å². The Morgan fingerprint density at radius 3 is 2.09 bits per heavy atom. The zero-order chi connectivity index (χ0) is 17.5. The maximum Gasteiger partial charge on any atom is 0.404 e. The van der Waals surface area contributed by atoms with E-state index in [4.69, 9.17) is 10.5 Å². The lowest BCUT2D eigenvalue weighted by Crippen LogP contribution is -2.54. The lowest BCUT2D eigenvalue weighted by molar-refractivity contribution is -0.334. The van der Waals surface area contributed by atoms with E-state index in [1.165, 1.54) is 0 Å². The monoisotopic (exact) mass is 348 g/mol. The Labute approximate surface area is 128 Å². The fourth-order valence-corrected chi connectivity index (χ4v) is 3.11. The molecule has 2 aliphatic rings. The van der Waals surface area contributed by atoms with Crippen molar-refractivity contribution in [2.24, 2.45) is 17.1 Å². The van der Waals surface area contributed by atoms with Gasteiger partial charge in [0.2, 0.25) is 5.91 Å². The van der Waals surface area contributed by atoms with E-state index in [1.54, 1.807) is 0 Å². The molecule has 0 aromatic carbocycles. The van der Waals surface area contributed by atoms with Gasteiger partial charge in [0.25, 0.3) is 0 Å². The minimum atomic E-state index is -5.47. The zero-order valence-corrected chi connectivity index (χ0v) is 12.2. The molecule has 1 atom stereocenters. The summed E-state index contributed by atoms with van der Waals surface area (Å²) in [7, 11) is 0. The van der Waals surface area contributed by atoms with Crippen molar-refractivity contribution >= 4 is 5.91 Å². The van der Waals surface area contributed by atoms with Crippen LogP contribution in [0.25, 0.3) is 0 Å². The summed E-state index contributed by atoms with van der Waals surface area (Å²) in [4.78, 5) is 12.8. The summed E-state index contributed by atoms with van der Waals surface area (Å²) < 4.78 is 83.1. The molecule has 134 valence electrons. The van der Waals surface area contributed by atoms with Gasteiger partial charge in [0.05, 0.1) is 6.04 Å². The summed E-state index contributed by atoms with van der Waals surface area (Å²) in [5.74, 6) is -1.14. The number of carbonyl (C=O) groups is 1. The fourth-order valence-electron chi connectivity index (χ4n) is 3.11. The molecule has 0 saturated carbocycles. The second-order valence-electron chi connectivity index (χ2n) is 6.06. The predicted molar refractivity (Wildman–Crippen MR) is 67.3 cm³/mol. The van der Waals surface area contributed by atoms with E-state index in [2.05, 4.69) is 0 Å². The highest BCUT2D eigenvalue weighted by atomic mass is 19.4. The lowest BCUT2D eigenvalue weighted by Gasteiger charge is -2.34. The number of amides is 1. The van der Waals surface area contributed by atoms with Crippen LogP contribution in [0.15, 0.2) is 0 Å². The minimum Gasteiger partial charge on any atom is -0.381 e. The van der Waals surface area contributed by atoms with Gasteiger partial charge in [-0.2, -0.15) is 26.3 Å². The van der Waals surface area contributed by atoms with Crippen molar-refractivity contribution in [2.75, 3.05) is 26.3 Å². The molecule has 4 nitrogen and oxygen atoms in total. The standard InChI is InChI=1S/C13H18F6N2O2/c14-12(15,16)11(13(17,18)19)3-4-21(7-11)10(22)9(20)8-1-5-23-6-2-8/h8-9H,1-7,20H2/t9-/m1/s1. The third-order valence-corrected chi connectivity index (χ3v) is 4.73. The van der Waals surface area contributed by atoms with Crippen molar-refractivity contribution in [2.45, 2.75) is 37.7 Å². The first-order valence-corrected chi connectivity index (χ1v) is 7.25. The van der Waals surface area contributed by atoms with Gasteiger partial charge in [-0.3, -0.25) is 4.79 Å². The molecule has 2 fully saturated rings. The van der Waals surface area contributed by atoms with Gasteiger partial charge < -0.3 is 15.4 Å². The molecule has 2 N–H and O–H groups in total. The Bertz CT molecular complexity index is 431. The quantitative estimate of drug-likeness (QED) is 0.778. The molecule has 0 aromatic heterocycles. The number of alkyl halides is 6. The summed E-state index contributed by atoms with van der Waals surface area (Å²) in [6.45, 7) is -1.27. The smallest absolute Gasteiger partial charge is 0.381 e. The van der Waals surface area contributed by atoms with Gasteiger partial charge in [0, 0.05) is 26.3 Å². The highest BCUT2D eigenvalue weighted by Gasteiger charge is 2.73. The minimum absolute atomic E-state index is 0.289. The van der Waals surface area contributed by atoms with Crippen LogP contribution in [-0.2, 0) is 9.53 Å². The van der Waals surface area contributed by atoms with Gasteiger partial charge in [-0.1, -0.05) is 0 Å². The summed E-state index contributed by atoms with van der Waals surface area (Å²) in [6.07, 6.45) is -11.2. The summed E-state index contributed by atoms with van der Waals surface area (Å²) in [5.41, 5.74) is 1.90. The number of nitrogens with zero attached hydrogens (tertiary/aromatic N) is 1. The van der Waals surface area contributed by atoms with Crippen LogP contribution in [0.3, 0.4) is 0 Å². The largest absolute Gasteiger partial charge is 0.404 e. The topological polar surface area (TPSA) is 55.6 Å². The van der Waals surface area contributed by atoms with Crippen molar-refractivity contribution in [3.63, 3.8) is 0 Å². The predicted octanol–water partition coefficient (Wildman–Crippen LogP) is 2.08. The van der Waals surface area contributed by atoms with Crippen LogP contribution in [0.2, 0.25) is 0 Å². The number of hydrogen-bond acceptors (Lipinski definition) is 3. The summed E-state index contributed by atoms with van der Waals surface area (Å²) >= 11 is 0. The van der Waals surface area contributed by atoms with Crippen molar-refractivity contribution in [1.82, 2.24) is 4.90 Å². The molecule has 2 aliphatic heterocycles. The second-order valence-corrected chi connectivity index (χ2v) is 6.06. The first-order valence-electron chi connectivity index (χ1n) is 7.25. The molecule has 1 amide bonds. The molecule has 2 heterocycles. The second kappa shape index (κ2) is 6.12. The van der Waals surface area contributed by atoms with Crippen molar-refractivity contribution < 1.29 is 35.9 Å². The van der Waals surface area contributed by atoms with Crippen molar-refractivity contribution in [3.05, 3.63) is 0 Å². The van der Waals surface area contributed by atoms with Gasteiger partial charge in [0.15, 0.2) is 5.41 Å². The van der Waals surface area contributed by atoms with Crippen LogP contribution in [0.4, 0.5) is 26.3 Å².